The van der Waals surface area contributed by atoms with Crippen LogP contribution in [-0.4, -0.2) is 13.1 Å². The summed E-state index contributed by atoms with van der Waals surface area (Å²) in [5.74, 6) is 1.59. The Hall–Kier alpha value is -0.0800. The molecular formula is C10H24N2. The molecule has 0 bridgehead atoms. The molecule has 0 heterocycles. The molecule has 12 heavy (non-hydrogen) atoms. The van der Waals surface area contributed by atoms with Crippen molar-refractivity contribution < 1.29 is 0 Å². The van der Waals surface area contributed by atoms with Crippen LogP contribution in [0.15, 0.2) is 0 Å². The predicted octanol–water partition coefficient (Wildman–Crippen LogP) is 2.17. The molecule has 0 saturated carbocycles. The summed E-state index contributed by atoms with van der Waals surface area (Å²) in [6, 6.07) is 0. The first-order chi connectivity index (χ1) is 5.66. The van der Waals surface area contributed by atoms with E-state index in [1.54, 1.807) is 0 Å². The van der Waals surface area contributed by atoms with E-state index in [0.29, 0.717) is 0 Å². The van der Waals surface area contributed by atoms with Crippen molar-refractivity contribution in [2.75, 3.05) is 13.1 Å². The van der Waals surface area contributed by atoms with Crippen LogP contribution in [0.4, 0.5) is 0 Å². The van der Waals surface area contributed by atoms with Crippen molar-refractivity contribution in [2.45, 2.75) is 40.5 Å². The molecule has 2 heteroatoms. The fourth-order valence-electron chi connectivity index (χ4n) is 1.35. The number of hydrogen-bond donors (Lipinski definition) is 2. The summed E-state index contributed by atoms with van der Waals surface area (Å²) in [7, 11) is 0. The Morgan fingerprint density at radius 1 is 1.08 bits per heavy atom. The third-order valence-electron chi connectivity index (χ3n) is 1.82. The highest BCUT2D eigenvalue weighted by molar-refractivity contribution is 4.57. The monoisotopic (exact) mass is 172 g/mol. The SMILES string of the molecule is CCCNNCC(C)CC(C)C. The lowest BCUT2D eigenvalue weighted by Gasteiger charge is -2.14. The molecule has 0 rings (SSSR count). The molecule has 2 nitrogen and oxygen atoms in total. The van der Waals surface area contributed by atoms with Crippen molar-refractivity contribution in [3.05, 3.63) is 0 Å². The molecule has 0 aromatic carbocycles. The van der Waals surface area contributed by atoms with Gasteiger partial charge in [0.25, 0.3) is 0 Å². The molecule has 0 aliphatic heterocycles. The van der Waals surface area contributed by atoms with E-state index in [2.05, 4.69) is 38.5 Å². The Kier molecular flexibility index (Phi) is 7.51. The van der Waals surface area contributed by atoms with Gasteiger partial charge in [-0.2, -0.15) is 0 Å². The van der Waals surface area contributed by atoms with Crippen molar-refractivity contribution in [1.29, 1.82) is 0 Å². The van der Waals surface area contributed by atoms with Crippen LogP contribution in [0.25, 0.3) is 0 Å². The maximum atomic E-state index is 3.24. The average Bonchev–Trinajstić information content (AvgIpc) is 1.97. The van der Waals surface area contributed by atoms with Crippen LogP contribution in [0.2, 0.25) is 0 Å². The van der Waals surface area contributed by atoms with Crippen molar-refractivity contribution in [1.82, 2.24) is 10.9 Å². The highest BCUT2D eigenvalue weighted by atomic mass is 15.3. The third-order valence-corrected chi connectivity index (χ3v) is 1.82. The van der Waals surface area contributed by atoms with Crippen LogP contribution >= 0.6 is 0 Å². The first-order valence-electron chi connectivity index (χ1n) is 5.12. The molecule has 1 atom stereocenters. The predicted molar refractivity (Wildman–Crippen MR) is 54.9 cm³/mol. The van der Waals surface area contributed by atoms with Crippen molar-refractivity contribution >= 4 is 0 Å². The Bertz CT molecular complexity index is 91.8. The zero-order valence-corrected chi connectivity index (χ0v) is 8.98. The summed E-state index contributed by atoms with van der Waals surface area (Å²) in [6.07, 6.45) is 2.49. The summed E-state index contributed by atoms with van der Waals surface area (Å²) < 4.78 is 0. The largest absolute Gasteiger partial charge is 0.258 e. The summed E-state index contributed by atoms with van der Waals surface area (Å²) >= 11 is 0. The van der Waals surface area contributed by atoms with Gasteiger partial charge in [0, 0.05) is 13.1 Å². The lowest BCUT2D eigenvalue weighted by Crippen LogP contribution is -2.35. The molecule has 0 aliphatic carbocycles. The second-order valence-electron chi connectivity index (χ2n) is 4.04. The van der Waals surface area contributed by atoms with E-state index >= 15 is 0 Å². The zero-order chi connectivity index (χ0) is 9.40. The maximum absolute atomic E-state index is 3.24. The normalized spacial score (nSPS) is 13.8. The van der Waals surface area contributed by atoms with Crippen LogP contribution in [0.1, 0.15) is 40.5 Å². The summed E-state index contributed by atoms with van der Waals surface area (Å²) in [6.45, 7) is 11.2. The molecule has 0 radical (unpaired) electrons. The molecule has 0 spiro atoms. The number of rotatable bonds is 7. The fraction of sp³-hybridized carbons (Fsp3) is 1.00. The van der Waals surface area contributed by atoms with Crippen LogP contribution in [0.5, 0.6) is 0 Å². The topological polar surface area (TPSA) is 24.1 Å². The van der Waals surface area contributed by atoms with E-state index in [9.17, 15) is 0 Å². The van der Waals surface area contributed by atoms with Gasteiger partial charge in [-0.05, 0) is 24.7 Å². The van der Waals surface area contributed by atoms with Crippen molar-refractivity contribution in [3.8, 4) is 0 Å². The average molecular weight is 172 g/mol. The minimum Gasteiger partial charge on any atom is -0.258 e. The quantitative estimate of drug-likeness (QED) is 0.454. The molecule has 0 aromatic heterocycles. The molecule has 74 valence electrons. The molecular weight excluding hydrogens is 148 g/mol. The first kappa shape index (κ1) is 11.9. The van der Waals surface area contributed by atoms with Gasteiger partial charge in [0.2, 0.25) is 0 Å². The molecule has 0 amide bonds. The molecule has 0 aromatic rings. The van der Waals surface area contributed by atoms with Gasteiger partial charge in [-0.15, -0.1) is 0 Å². The zero-order valence-electron chi connectivity index (χ0n) is 8.98. The minimum atomic E-state index is 0.773. The second-order valence-corrected chi connectivity index (χ2v) is 4.04. The molecule has 0 saturated heterocycles. The smallest absolute Gasteiger partial charge is 0.0126 e. The Morgan fingerprint density at radius 2 is 1.75 bits per heavy atom. The van der Waals surface area contributed by atoms with Crippen molar-refractivity contribution in [2.24, 2.45) is 11.8 Å². The van der Waals surface area contributed by atoms with E-state index in [1.165, 1.54) is 12.8 Å². The fourth-order valence-corrected chi connectivity index (χ4v) is 1.35. The number of hydrogen-bond acceptors (Lipinski definition) is 2. The van der Waals surface area contributed by atoms with E-state index in [1.807, 2.05) is 0 Å². The minimum absolute atomic E-state index is 0.773. The number of nitrogens with one attached hydrogen (secondary N) is 2. The van der Waals surface area contributed by atoms with Gasteiger partial charge in [-0.25, -0.2) is 0 Å². The Morgan fingerprint density at radius 3 is 2.25 bits per heavy atom. The first-order valence-corrected chi connectivity index (χ1v) is 5.12. The van der Waals surface area contributed by atoms with E-state index < -0.39 is 0 Å². The van der Waals surface area contributed by atoms with E-state index in [0.717, 1.165) is 24.9 Å². The van der Waals surface area contributed by atoms with Gasteiger partial charge in [0.1, 0.15) is 0 Å². The Balaban J connectivity index is 3.14. The second kappa shape index (κ2) is 7.56. The van der Waals surface area contributed by atoms with Crippen LogP contribution in [0.3, 0.4) is 0 Å². The standard InChI is InChI=1S/C10H24N2/c1-5-6-11-12-8-10(4)7-9(2)3/h9-12H,5-8H2,1-4H3. The Labute approximate surface area is 77.1 Å². The molecule has 0 aliphatic rings. The van der Waals surface area contributed by atoms with Gasteiger partial charge < -0.3 is 0 Å². The highest BCUT2D eigenvalue weighted by Gasteiger charge is 2.03. The van der Waals surface area contributed by atoms with Crippen LogP contribution in [-0.2, 0) is 0 Å². The summed E-state index contributed by atoms with van der Waals surface area (Å²) in [5.41, 5.74) is 6.43. The molecule has 0 fully saturated rings. The lowest BCUT2D eigenvalue weighted by molar-refractivity contribution is 0.387. The van der Waals surface area contributed by atoms with Gasteiger partial charge in [-0.1, -0.05) is 27.7 Å². The van der Waals surface area contributed by atoms with Gasteiger partial charge in [-0.3, -0.25) is 10.9 Å². The molecule has 2 N–H and O–H groups in total. The van der Waals surface area contributed by atoms with E-state index in [-0.39, 0.29) is 0 Å². The van der Waals surface area contributed by atoms with Crippen LogP contribution < -0.4 is 10.9 Å². The van der Waals surface area contributed by atoms with Crippen LogP contribution in [0, 0.1) is 11.8 Å². The summed E-state index contributed by atoms with van der Waals surface area (Å²) in [4.78, 5) is 0. The maximum Gasteiger partial charge on any atom is 0.0126 e. The van der Waals surface area contributed by atoms with E-state index in [4.69, 9.17) is 0 Å². The van der Waals surface area contributed by atoms with Gasteiger partial charge in [0.15, 0.2) is 0 Å². The lowest BCUT2D eigenvalue weighted by atomic mass is 9.99. The molecule has 1 unspecified atom stereocenters. The summed E-state index contributed by atoms with van der Waals surface area (Å²) in [5, 5.41) is 0. The van der Waals surface area contributed by atoms with Gasteiger partial charge >= 0.3 is 0 Å². The number of hydrazine groups is 1. The van der Waals surface area contributed by atoms with Crippen molar-refractivity contribution in [3.63, 3.8) is 0 Å². The van der Waals surface area contributed by atoms with Gasteiger partial charge in [0.05, 0.1) is 0 Å². The highest BCUT2D eigenvalue weighted by Crippen LogP contribution is 2.08. The third kappa shape index (κ3) is 8.02.